The maximum atomic E-state index is 9.32. The fourth-order valence-corrected chi connectivity index (χ4v) is 1.32. The van der Waals surface area contributed by atoms with E-state index in [9.17, 15) is 15.3 Å². The summed E-state index contributed by atoms with van der Waals surface area (Å²) in [5.74, 6) is -1.89. The molecule has 6 nitrogen and oxygen atoms in total. The molecule has 0 aromatic carbocycles. The summed E-state index contributed by atoms with van der Waals surface area (Å²) in [7, 11) is 0. The molecule has 5 atom stereocenters. The van der Waals surface area contributed by atoms with Gasteiger partial charge in [0.2, 0.25) is 0 Å². The van der Waals surface area contributed by atoms with Crippen molar-refractivity contribution in [2.75, 3.05) is 6.61 Å². The Morgan fingerprint density at radius 3 is 2.31 bits per heavy atom. The maximum Gasteiger partial charge on any atom is 0.192 e. The second kappa shape index (κ2) is 3.49. The highest BCUT2D eigenvalue weighted by Crippen LogP contribution is 2.30. The molecule has 5 unspecified atom stereocenters. The third-order valence-corrected chi connectivity index (χ3v) is 2.15. The predicted molar refractivity (Wildman–Crippen MR) is 40.6 cm³/mol. The molecule has 0 spiro atoms. The van der Waals surface area contributed by atoms with E-state index in [1.54, 1.807) is 0 Å². The van der Waals surface area contributed by atoms with Crippen LogP contribution in [0.25, 0.3) is 0 Å². The molecule has 1 heterocycles. The Morgan fingerprint density at radius 2 is 2.00 bits per heavy atom. The largest absolute Gasteiger partial charge is 0.394 e. The van der Waals surface area contributed by atoms with Gasteiger partial charge in [0.15, 0.2) is 5.79 Å². The molecule has 0 aromatic heterocycles. The van der Waals surface area contributed by atoms with Crippen LogP contribution in [0.3, 0.4) is 0 Å². The van der Waals surface area contributed by atoms with Gasteiger partial charge in [-0.3, -0.25) is 0 Å². The van der Waals surface area contributed by atoms with Crippen molar-refractivity contribution in [3.05, 3.63) is 0 Å². The first-order valence-electron chi connectivity index (χ1n) is 3.95. The van der Waals surface area contributed by atoms with Gasteiger partial charge in [-0.25, -0.2) is 0 Å². The van der Waals surface area contributed by atoms with Gasteiger partial charge >= 0.3 is 0 Å². The summed E-state index contributed by atoms with van der Waals surface area (Å²) >= 11 is 0. The van der Waals surface area contributed by atoms with Crippen LogP contribution in [0, 0.1) is 0 Å². The molecule has 1 aliphatic rings. The van der Waals surface area contributed by atoms with E-state index in [1.165, 1.54) is 6.92 Å². The second-order valence-corrected chi connectivity index (χ2v) is 3.32. The van der Waals surface area contributed by atoms with Crippen LogP contribution < -0.4 is 0 Å². The summed E-state index contributed by atoms with van der Waals surface area (Å²) in [6.07, 6.45) is -5.38. The lowest BCUT2D eigenvalue weighted by molar-refractivity contribution is -0.226. The minimum absolute atomic E-state index is 0.607. The molecule has 5 N–H and O–H groups in total. The quantitative estimate of drug-likeness (QED) is 0.324. The van der Waals surface area contributed by atoms with E-state index < -0.39 is 36.8 Å². The normalized spacial score (nSPS) is 48.0. The van der Waals surface area contributed by atoms with E-state index in [0.29, 0.717) is 0 Å². The average Bonchev–Trinajstić information content (AvgIpc) is 2.28. The number of hydrogen-bond donors (Lipinski definition) is 5. The van der Waals surface area contributed by atoms with Crippen molar-refractivity contribution in [2.45, 2.75) is 37.1 Å². The van der Waals surface area contributed by atoms with Gasteiger partial charge in [-0.05, 0) is 6.92 Å². The Kier molecular flexibility index (Phi) is 2.91. The van der Waals surface area contributed by atoms with Crippen LogP contribution in [0.5, 0.6) is 0 Å². The van der Waals surface area contributed by atoms with E-state index >= 15 is 0 Å². The standard InChI is InChI=1S/C7H14O6/c1-7(12)6(11)4(10)5(13-7)3(9)2-8/h3-6,8-12H,2H2,1H3. The first-order valence-corrected chi connectivity index (χ1v) is 3.95. The van der Waals surface area contributed by atoms with Gasteiger partial charge < -0.3 is 30.3 Å². The molecule has 6 heteroatoms. The van der Waals surface area contributed by atoms with Crippen molar-refractivity contribution in [1.29, 1.82) is 0 Å². The lowest BCUT2D eigenvalue weighted by atomic mass is 10.0. The van der Waals surface area contributed by atoms with Crippen LogP contribution in [0.4, 0.5) is 0 Å². The van der Waals surface area contributed by atoms with Gasteiger partial charge in [-0.2, -0.15) is 0 Å². The lowest BCUT2D eigenvalue weighted by Crippen LogP contribution is -2.41. The van der Waals surface area contributed by atoms with Crippen molar-refractivity contribution in [1.82, 2.24) is 0 Å². The fraction of sp³-hybridized carbons (Fsp3) is 1.00. The third-order valence-electron chi connectivity index (χ3n) is 2.15. The van der Waals surface area contributed by atoms with Gasteiger partial charge in [0.25, 0.3) is 0 Å². The predicted octanol–water partition coefficient (Wildman–Crippen LogP) is -2.83. The molecule has 1 rings (SSSR count). The smallest absolute Gasteiger partial charge is 0.192 e. The van der Waals surface area contributed by atoms with Crippen molar-refractivity contribution >= 4 is 0 Å². The highest BCUT2D eigenvalue weighted by atomic mass is 16.7. The van der Waals surface area contributed by atoms with Crippen LogP contribution in [-0.2, 0) is 4.74 Å². The molecule has 0 saturated carbocycles. The van der Waals surface area contributed by atoms with Gasteiger partial charge in [0, 0.05) is 0 Å². The highest BCUT2D eigenvalue weighted by molar-refractivity contribution is 4.95. The van der Waals surface area contributed by atoms with Gasteiger partial charge in [-0.1, -0.05) is 0 Å². The molecule has 1 saturated heterocycles. The van der Waals surface area contributed by atoms with Crippen molar-refractivity contribution < 1.29 is 30.3 Å². The first kappa shape index (κ1) is 10.8. The number of aliphatic hydroxyl groups excluding tert-OH is 4. The minimum atomic E-state index is -1.89. The zero-order chi connectivity index (χ0) is 10.2. The molecule has 13 heavy (non-hydrogen) atoms. The second-order valence-electron chi connectivity index (χ2n) is 3.32. The molecule has 0 radical (unpaired) electrons. The molecule has 1 aliphatic heterocycles. The van der Waals surface area contributed by atoms with Gasteiger partial charge in [0.1, 0.15) is 24.4 Å². The van der Waals surface area contributed by atoms with Crippen LogP contribution in [0.1, 0.15) is 6.92 Å². The zero-order valence-electron chi connectivity index (χ0n) is 7.16. The van der Waals surface area contributed by atoms with Crippen molar-refractivity contribution in [3.8, 4) is 0 Å². The Hall–Kier alpha value is -0.240. The summed E-state index contributed by atoms with van der Waals surface area (Å²) in [6, 6.07) is 0. The summed E-state index contributed by atoms with van der Waals surface area (Å²) in [5.41, 5.74) is 0. The minimum Gasteiger partial charge on any atom is -0.394 e. The lowest BCUT2D eigenvalue weighted by Gasteiger charge is -2.20. The summed E-state index contributed by atoms with van der Waals surface area (Å²) in [4.78, 5) is 0. The number of hydrogen-bond acceptors (Lipinski definition) is 6. The molecule has 0 aliphatic carbocycles. The Bertz CT molecular complexity index is 182. The van der Waals surface area contributed by atoms with E-state index in [0.717, 1.165) is 0 Å². The zero-order valence-corrected chi connectivity index (χ0v) is 7.16. The van der Waals surface area contributed by atoms with Gasteiger partial charge in [-0.15, -0.1) is 0 Å². The van der Waals surface area contributed by atoms with Crippen molar-refractivity contribution in [3.63, 3.8) is 0 Å². The molecule has 78 valence electrons. The average molecular weight is 194 g/mol. The Morgan fingerprint density at radius 1 is 1.46 bits per heavy atom. The summed E-state index contributed by atoms with van der Waals surface area (Å²) < 4.78 is 4.77. The molecular formula is C7H14O6. The number of ether oxygens (including phenoxy) is 1. The molecular weight excluding hydrogens is 180 g/mol. The van der Waals surface area contributed by atoms with E-state index in [4.69, 9.17) is 14.9 Å². The summed E-state index contributed by atoms with van der Waals surface area (Å²) in [6.45, 7) is 0.565. The van der Waals surface area contributed by atoms with Crippen LogP contribution in [-0.4, -0.2) is 62.3 Å². The molecule has 0 aromatic rings. The Labute approximate surface area is 75.0 Å². The molecule has 0 bridgehead atoms. The summed E-state index contributed by atoms with van der Waals surface area (Å²) in [5, 5.41) is 45.5. The SMILES string of the molecule is CC1(O)OC(C(O)CO)C(O)C1O. The van der Waals surface area contributed by atoms with E-state index in [2.05, 4.69) is 0 Å². The van der Waals surface area contributed by atoms with Crippen LogP contribution >= 0.6 is 0 Å². The maximum absolute atomic E-state index is 9.32. The van der Waals surface area contributed by atoms with E-state index in [-0.39, 0.29) is 0 Å². The highest BCUT2D eigenvalue weighted by Gasteiger charge is 2.52. The first-order chi connectivity index (χ1) is 5.90. The Balaban J connectivity index is 2.72. The van der Waals surface area contributed by atoms with Crippen LogP contribution in [0.2, 0.25) is 0 Å². The monoisotopic (exact) mass is 194 g/mol. The van der Waals surface area contributed by atoms with Crippen LogP contribution in [0.15, 0.2) is 0 Å². The topological polar surface area (TPSA) is 110 Å². The van der Waals surface area contributed by atoms with Crippen molar-refractivity contribution in [2.24, 2.45) is 0 Å². The molecule has 1 fully saturated rings. The fourth-order valence-electron chi connectivity index (χ4n) is 1.32. The molecule has 0 amide bonds. The number of aliphatic hydroxyl groups is 5. The van der Waals surface area contributed by atoms with Gasteiger partial charge in [0.05, 0.1) is 6.61 Å². The van der Waals surface area contributed by atoms with E-state index in [1.807, 2.05) is 0 Å². The third kappa shape index (κ3) is 1.83. The number of rotatable bonds is 2.